The number of aryl methyl sites for hydroxylation is 1. The molecule has 8 heteroatoms. The molecular formula is C20H20N2O5S. The summed E-state index contributed by atoms with van der Waals surface area (Å²) in [5, 5.41) is 5.55. The lowest BCUT2D eigenvalue weighted by atomic mass is 10.2. The summed E-state index contributed by atoms with van der Waals surface area (Å²) in [6.07, 6.45) is 1.53. The summed E-state index contributed by atoms with van der Waals surface area (Å²) in [7, 11) is 0. The number of carbonyl (C=O) groups excluding carboxylic acids is 2. The van der Waals surface area contributed by atoms with E-state index >= 15 is 0 Å². The normalized spacial score (nSPS) is 11.6. The van der Waals surface area contributed by atoms with Gasteiger partial charge in [0, 0.05) is 5.38 Å². The molecule has 7 nitrogen and oxygen atoms in total. The van der Waals surface area contributed by atoms with Crippen molar-refractivity contribution < 1.29 is 23.5 Å². The number of hydrogen-bond acceptors (Lipinski definition) is 7. The first-order valence-electron chi connectivity index (χ1n) is 8.65. The van der Waals surface area contributed by atoms with Crippen molar-refractivity contribution in [1.82, 2.24) is 10.3 Å². The lowest BCUT2D eigenvalue weighted by Crippen LogP contribution is -2.31. The second-order valence-electron chi connectivity index (χ2n) is 6.02. The highest BCUT2D eigenvalue weighted by Gasteiger charge is 2.17. The number of thiazole rings is 1. The van der Waals surface area contributed by atoms with Crippen LogP contribution in [0, 0.1) is 6.92 Å². The van der Waals surface area contributed by atoms with Crippen LogP contribution in [0.3, 0.4) is 0 Å². The second kappa shape index (κ2) is 9.18. The Morgan fingerprint density at radius 2 is 2.07 bits per heavy atom. The summed E-state index contributed by atoms with van der Waals surface area (Å²) in [5.41, 5.74) is 1.04. The van der Waals surface area contributed by atoms with Crippen molar-refractivity contribution in [3.8, 4) is 5.75 Å². The summed E-state index contributed by atoms with van der Waals surface area (Å²) in [6, 6.07) is 9.91. The Hall–Kier alpha value is -3.13. The van der Waals surface area contributed by atoms with Crippen LogP contribution in [0.25, 0.3) is 0 Å². The van der Waals surface area contributed by atoms with Crippen molar-refractivity contribution in [1.29, 1.82) is 0 Å². The molecule has 0 spiro atoms. The van der Waals surface area contributed by atoms with Crippen LogP contribution in [-0.4, -0.2) is 23.5 Å². The number of nitrogens with zero attached hydrogens (tertiary/aromatic N) is 1. The van der Waals surface area contributed by atoms with Gasteiger partial charge in [0.15, 0.2) is 6.61 Å². The fraction of sp³-hybridized carbons (Fsp3) is 0.250. The fourth-order valence-electron chi connectivity index (χ4n) is 2.49. The predicted molar refractivity (Wildman–Crippen MR) is 103 cm³/mol. The van der Waals surface area contributed by atoms with Gasteiger partial charge in [-0.25, -0.2) is 9.78 Å². The smallest absolute Gasteiger partial charge is 0.342 e. The Balaban J connectivity index is 1.54. The van der Waals surface area contributed by atoms with Crippen molar-refractivity contribution in [3.05, 3.63) is 70.1 Å². The fourth-order valence-corrected chi connectivity index (χ4v) is 3.09. The Labute approximate surface area is 166 Å². The van der Waals surface area contributed by atoms with Crippen LogP contribution in [0.2, 0.25) is 0 Å². The van der Waals surface area contributed by atoms with Crippen molar-refractivity contribution in [3.63, 3.8) is 0 Å². The van der Waals surface area contributed by atoms with Crippen molar-refractivity contribution in [2.75, 3.05) is 6.61 Å². The molecule has 0 unspecified atom stereocenters. The third-order valence-electron chi connectivity index (χ3n) is 3.83. The zero-order valence-corrected chi connectivity index (χ0v) is 16.3. The molecular weight excluding hydrogens is 380 g/mol. The zero-order chi connectivity index (χ0) is 19.9. The van der Waals surface area contributed by atoms with Crippen LogP contribution in [-0.2, 0) is 16.1 Å². The summed E-state index contributed by atoms with van der Waals surface area (Å²) in [5.74, 6) is -0.0577. The number of carbonyl (C=O) groups is 2. The molecule has 1 amide bonds. The molecule has 2 aromatic heterocycles. The summed E-state index contributed by atoms with van der Waals surface area (Å²) in [4.78, 5) is 28.7. The topological polar surface area (TPSA) is 90.7 Å². The minimum atomic E-state index is -0.633. The number of furan rings is 1. The maximum absolute atomic E-state index is 12.4. The average molecular weight is 400 g/mol. The van der Waals surface area contributed by atoms with Gasteiger partial charge in [-0.2, -0.15) is 0 Å². The van der Waals surface area contributed by atoms with E-state index in [0.29, 0.717) is 11.5 Å². The third kappa shape index (κ3) is 5.20. The lowest BCUT2D eigenvalue weighted by Gasteiger charge is -2.13. The summed E-state index contributed by atoms with van der Waals surface area (Å²) in [6.45, 7) is 3.54. The molecule has 1 atom stereocenters. The highest BCUT2D eigenvalue weighted by atomic mass is 32.1. The zero-order valence-electron chi connectivity index (χ0n) is 15.5. The molecule has 1 aromatic carbocycles. The highest BCUT2D eigenvalue weighted by Crippen LogP contribution is 2.21. The molecule has 2 heterocycles. The van der Waals surface area contributed by atoms with Crippen molar-refractivity contribution in [2.45, 2.75) is 26.5 Å². The van der Waals surface area contributed by atoms with Gasteiger partial charge in [0.2, 0.25) is 0 Å². The number of amides is 1. The molecule has 3 rings (SSSR count). The van der Waals surface area contributed by atoms with Gasteiger partial charge in [-0.3, -0.25) is 4.79 Å². The van der Waals surface area contributed by atoms with Crippen LogP contribution < -0.4 is 10.1 Å². The largest absolute Gasteiger partial charge is 0.486 e. The number of hydrogen-bond donors (Lipinski definition) is 1. The first-order valence-corrected chi connectivity index (χ1v) is 9.53. The van der Waals surface area contributed by atoms with Crippen LogP contribution in [0.5, 0.6) is 5.75 Å². The standard InChI is InChI=1S/C20H20N2O5S/c1-13(17-8-5-9-25-17)21-19(23)11-27-20(24)16-6-3-4-7-18(16)26-10-15-12-28-14(2)22-15/h3-9,12-13H,10-11H2,1-2H3,(H,21,23)/t13-/m1/s1. The number of benzene rings is 1. The number of para-hydroxylation sites is 1. The number of ether oxygens (including phenoxy) is 2. The van der Waals surface area contributed by atoms with E-state index in [-0.39, 0.29) is 18.2 Å². The van der Waals surface area contributed by atoms with E-state index < -0.39 is 18.5 Å². The molecule has 0 saturated carbocycles. The van der Waals surface area contributed by atoms with Crippen molar-refractivity contribution in [2.24, 2.45) is 0 Å². The minimum absolute atomic E-state index is 0.246. The van der Waals surface area contributed by atoms with Gasteiger partial charge >= 0.3 is 5.97 Å². The molecule has 0 saturated heterocycles. The maximum Gasteiger partial charge on any atom is 0.342 e. The van der Waals surface area contributed by atoms with Gasteiger partial charge in [0.05, 0.1) is 23.0 Å². The first-order chi connectivity index (χ1) is 13.5. The van der Waals surface area contributed by atoms with E-state index in [2.05, 4.69) is 10.3 Å². The van der Waals surface area contributed by atoms with E-state index in [9.17, 15) is 9.59 Å². The van der Waals surface area contributed by atoms with Gasteiger partial charge in [-0.05, 0) is 38.1 Å². The average Bonchev–Trinajstić information content (AvgIpc) is 3.36. The molecule has 1 N–H and O–H groups in total. The molecule has 0 aliphatic heterocycles. The molecule has 0 radical (unpaired) electrons. The highest BCUT2D eigenvalue weighted by molar-refractivity contribution is 7.09. The van der Waals surface area contributed by atoms with Crippen molar-refractivity contribution >= 4 is 23.2 Å². The molecule has 28 heavy (non-hydrogen) atoms. The second-order valence-corrected chi connectivity index (χ2v) is 7.09. The molecule has 0 bridgehead atoms. The molecule has 146 valence electrons. The quantitative estimate of drug-likeness (QED) is 0.581. The monoisotopic (exact) mass is 400 g/mol. The molecule has 0 aliphatic carbocycles. The number of aromatic nitrogens is 1. The van der Waals surface area contributed by atoms with Crippen LogP contribution >= 0.6 is 11.3 Å². The van der Waals surface area contributed by atoms with E-state index in [1.54, 1.807) is 43.3 Å². The van der Waals surface area contributed by atoms with Crippen LogP contribution in [0.4, 0.5) is 0 Å². The van der Waals surface area contributed by atoms with Gasteiger partial charge in [0.1, 0.15) is 23.7 Å². The summed E-state index contributed by atoms with van der Waals surface area (Å²) < 4.78 is 16.1. The van der Waals surface area contributed by atoms with E-state index in [1.807, 2.05) is 12.3 Å². The molecule has 0 fully saturated rings. The minimum Gasteiger partial charge on any atom is -0.486 e. The Kier molecular flexibility index (Phi) is 6.44. The van der Waals surface area contributed by atoms with Gasteiger partial charge in [-0.1, -0.05) is 12.1 Å². The SMILES string of the molecule is Cc1nc(COc2ccccc2C(=O)OCC(=O)N[C@H](C)c2ccco2)cs1. The molecule has 3 aromatic rings. The maximum atomic E-state index is 12.4. The summed E-state index contributed by atoms with van der Waals surface area (Å²) >= 11 is 1.53. The van der Waals surface area contributed by atoms with E-state index in [4.69, 9.17) is 13.9 Å². The number of esters is 1. The number of rotatable bonds is 8. The lowest BCUT2D eigenvalue weighted by molar-refractivity contribution is -0.125. The Bertz CT molecular complexity index is 936. The van der Waals surface area contributed by atoms with E-state index in [0.717, 1.165) is 10.7 Å². The van der Waals surface area contributed by atoms with Crippen LogP contribution in [0.15, 0.2) is 52.5 Å². The molecule has 0 aliphatic rings. The van der Waals surface area contributed by atoms with Gasteiger partial charge in [0.25, 0.3) is 5.91 Å². The Morgan fingerprint density at radius 1 is 1.25 bits per heavy atom. The van der Waals surface area contributed by atoms with Gasteiger partial charge in [-0.15, -0.1) is 11.3 Å². The van der Waals surface area contributed by atoms with Crippen LogP contribution in [0.1, 0.15) is 39.8 Å². The van der Waals surface area contributed by atoms with Gasteiger partial charge < -0.3 is 19.2 Å². The Morgan fingerprint density at radius 3 is 2.79 bits per heavy atom. The third-order valence-corrected chi connectivity index (χ3v) is 4.65. The predicted octanol–water partition coefficient (Wildman–Crippen LogP) is 3.66. The first kappa shape index (κ1) is 19.6. The van der Waals surface area contributed by atoms with E-state index in [1.165, 1.54) is 17.6 Å². The number of nitrogens with one attached hydrogen (secondary N) is 1.